The van der Waals surface area contributed by atoms with E-state index in [-0.39, 0.29) is 0 Å². The van der Waals surface area contributed by atoms with E-state index in [0.29, 0.717) is 18.7 Å². The largest absolute Gasteiger partial charge is 0.385 e. The lowest BCUT2D eigenvalue weighted by atomic mass is 9.85. The Morgan fingerprint density at radius 2 is 2.38 bits per heavy atom. The minimum Gasteiger partial charge on any atom is -0.385 e. The van der Waals surface area contributed by atoms with E-state index in [1.807, 2.05) is 18.2 Å². The Morgan fingerprint density at radius 3 is 2.85 bits per heavy atom. The van der Waals surface area contributed by atoms with Crippen molar-refractivity contribution >= 4 is 0 Å². The van der Waals surface area contributed by atoms with E-state index in [1.165, 1.54) is 0 Å². The molecule has 0 fully saturated rings. The summed E-state index contributed by atoms with van der Waals surface area (Å²) in [5.41, 5.74) is 0.467. The second kappa shape index (κ2) is 2.64. The lowest BCUT2D eigenvalue weighted by molar-refractivity contribution is -0.511. The standard InChI is InChI=1S/C10H12NO2/c1-10(12)6-3-2-4-8(10)9-5-7-11(9)13/h2-5,12H,6-7H2,1H3/q+1. The summed E-state index contributed by atoms with van der Waals surface area (Å²) >= 11 is 0. The Labute approximate surface area is 76.6 Å². The van der Waals surface area contributed by atoms with Crippen LogP contribution in [0.2, 0.25) is 0 Å². The zero-order valence-electron chi connectivity index (χ0n) is 7.53. The molecule has 68 valence electrons. The van der Waals surface area contributed by atoms with Crippen molar-refractivity contribution in [2.45, 2.75) is 18.9 Å². The lowest BCUT2D eigenvalue weighted by Crippen LogP contribution is -2.34. The quantitative estimate of drug-likeness (QED) is 0.615. The first-order chi connectivity index (χ1) is 6.11. The van der Waals surface area contributed by atoms with Crippen LogP contribution in [0.25, 0.3) is 0 Å². The fourth-order valence-corrected chi connectivity index (χ4v) is 1.61. The van der Waals surface area contributed by atoms with Crippen LogP contribution in [0, 0.1) is 4.91 Å². The molecule has 2 rings (SSSR count). The van der Waals surface area contributed by atoms with Crippen LogP contribution in [0.1, 0.15) is 13.3 Å². The van der Waals surface area contributed by atoms with Gasteiger partial charge >= 0.3 is 0 Å². The van der Waals surface area contributed by atoms with Gasteiger partial charge in [0.25, 0.3) is 5.70 Å². The molecule has 2 aliphatic rings. The van der Waals surface area contributed by atoms with Crippen LogP contribution in [0.15, 0.2) is 35.6 Å². The normalized spacial score (nSPS) is 32.3. The molecular weight excluding hydrogens is 166 g/mol. The molecule has 13 heavy (non-hydrogen) atoms. The van der Waals surface area contributed by atoms with E-state index in [4.69, 9.17) is 0 Å². The molecule has 1 heterocycles. The van der Waals surface area contributed by atoms with Gasteiger partial charge in [-0.05, 0) is 19.4 Å². The summed E-state index contributed by atoms with van der Waals surface area (Å²) < 4.78 is 0.902. The van der Waals surface area contributed by atoms with Crippen molar-refractivity contribution in [1.82, 2.24) is 0 Å². The van der Waals surface area contributed by atoms with Crippen LogP contribution in [-0.2, 0) is 0 Å². The summed E-state index contributed by atoms with van der Waals surface area (Å²) in [6.45, 7) is 2.17. The first-order valence-electron chi connectivity index (χ1n) is 4.36. The van der Waals surface area contributed by atoms with E-state index in [0.717, 1.165) is 10.3 Å². The van der Waals surface area contributed by atoms with Gasteiger partial charge in [-0.2, -0.15) is 0 Å². The maximum absolute atomic E-state index is 11.1. The summed E-state index contributed by atoms with van der Waals surface area (Å²) in [5, 5.41) is 9.96. The smallest absolute Gasteiger partial charge is 0.264 e. The fraction of sp³-hybridized carbons (Fsp3) is 0.400. The highest BCUT2D eigenvalue weighted by molar-refractivity contribution is 5.40. The minimum absolute atomic E-state index is 0.437. The van der Waals surface area contributed by atoms with Crippen LogP contribution < -0.4 is 0 Å². The van der Waals surface area contributed by atoms with Crippen molar-refractivity contribution in [2.75, 3.05) is 6.54 Å². The Hall–Kier alpha value is -1.22. The van der Waals surface area contributed by atoms with E-state index in [9.17, 15) is 10.0 Å². The van der Waals surface area contributed by atoms with Crippen molar-refractivity contribution in [3.63, 3.8) is 0 Å². The lowest BCUT2D eigenvalue weighted by Gasteiger charge is -2.26. The van der Waals surface area contributed by atoms with Gasteiger partial charge in [0.05, 0.1) is 17.3 Å². The number of nitrogens with zero attached hydrogens (tertiary/aromatic N) is 1. The predicted molar refractivity (Wildman–Crippen MR) is 49.0 cm³/mol. The SMILES string of the molecule is CC1(O)CC=CC=C1C1=CC[N+]1=O. The van der Waals surface area contributed by atoms with E-state index >= 15 is 0 Å². The van der Waals surface area contributed by atoms with Crippen LogP contribution in [0.3, 0.4) is 0 Å². The van der Waals surface area contributed by atoms with Crippen molar-refractivity contribution in [1.29, 1.82) is 0 Å². The van der Waals surface area contributed by atoms with Crippen LogP contribution >= 0.6 is 0 Å². The minimum atomic E-state index is -0.885. The van der Waals surface area contributed by atoms with Crippen LogP contribution in [-0.4, -0.2) is 22.0 Å². The van der Waals surface area contributed by atoms with Crippen LogP contribution in [0.5, 0.6) is 0 Å². The van der Waals surface area contributed by atoms with E-state index in [2.05, 4.69) is 0 Å². The number of allylic oxidation sites excluding steroid dienone is 2. The number of hydrogen-bond acceptors (Lipinski definition) is 2. The summed E-state index contributed by atoms with van der Waals surface area (Å²) in [7, 11) is 0. The Bertz CT molecular complexity index is 348. The van der Waals surface area contributed by atoms with Gasteiger partial charge in [-0.1, -0.05) is 12.2 Å². The van der Waals surface area contributed by atoms with E-state index in [1.54, 1.807) is 13.0 Å². The number of rotatable bonds is 1. The molecule has 0 aromatic rings. The van der Waals surface area contributed by atoms with Gasteiger partial charge < -0.3 is 5.11 Å². The molecular formula is C10H12NO2+. The number of hydrogen-bond donors (Lipinski definition) is 1. The summed E-state index contributed by atoms with van der Waals surface area (Å²) in [4.78, 5) is 11.1. The Morgan fingerprint density at radius 1 is 1.62 bits per heavy atom. The van der Waals surface area contributed by atoms with Gasteiger partial charge in [0, 0.05) is 9.67 Å². The molecule has 1 atom stereocenters. The molecule has 1 aliphatic carbocycles. The van der Waals surface area contributed by atoms with Gasteiger partial charge in [0.2, 0.25) is 6.54 Å². The molecule has 0 amide bonds. The van der Waals surface area contributed by atoms with Gasteiger partial charge in [-0.15, -0.1) is 0 Å². The van der Waals surface area contributed by atoms with E-state index < -0.39 is 5.60 Å². The third-order valence-corrected chi connectivity index (χ3v) is 2.49. The third-order valence-electron chi connectivity index (χ3n) is 2.49. The molecule has 3 heteroatoms. The molecule has 0 saturated carbocycles. The zero-order valence-corrected chi connectivity index (χ0v) is 7.53. The monoisotopic (exact) mass is 178 g/mol. The Balaban J connectivity index is 2.36. The molecule has 1 unspecified atom stereocenters. The van der Waals surface area contributed by atoms with Gasteiger partial charge in [0.15, 0.2) is 0 Å². The second-order valence-electron chi connectivity index (χ2n) is 3.64. The van der Waals surface area contributed by atoms with Crippen LogP contribution in [0.4, 0.5) is 0 Å². The summed E-state index contributed by atoms with van der Waals surface area (Å²) in [6, 6.07) is 0. The third kappa shape index (κ3) is 1.25. The average Bonchev–Trinajstić information content (AvgIpc) is 2.06. The highest BCUT2D eigenvalue weighted by atomic mass is 16.3. The summed E-state index contributed by atoms with van der Waals surface area (Å²) in [5.74, 6) is 0. The van der Waals surface area contributed by atoms with Gasteiger partial charge in [-0.3, -0.25) is 0 Å². The zero-order chi connectivity index (χ0) is 9.47. The molecule has 0 aromatic carbocycles. The molecule has 1 N–H and O–H groups in total. The Kier molecular flexibility index (Phi) is 1.70. The van der Waals surface area contributed by atoms with Crippen molar-refractivity contribution in [3.05, 3.63) is 40.5 Å². The molecule has 0 radical (unpaired) electrons. The highest BCUT2D eigenvalue weighted by Crippen LogP contribution is 2.33. The summed E-state index contributed by atoms with van der Waals surface area (Å²) in [6.07, 6.45) is 7.99. The topological polar surface area (TPSA) is 40.3 Å². The predicted octanol–water partition coefficient (Wildman–Crippen LogP) is 1.30. The highest BCUT2D eigenvalue weighted by Gasteiger charge is 2.40. The molecule has 0 bridgehead atoms. The molecule has 0 saturated heterocycles. The van der Waals surface area contributed by atoms with Crippen molar-refractivity contribution in [2.24, 2.45) is 0 Å². The van der Waals surface area contributed by atoms with Gasteiger partial charge in [0.1, 0.15) is 0 Å². The maximum atomic E-state index is 11.1. The number of aliphatic hydroxyl groups is 1. The average molecular weight is 178 g/mol. The molecule has 0 spiro atoms. The maximum Gasteiger partial charge on any atom is 0.264 e. The van der Waals surface area contributed by atoms with Gasteiger partial charge in [-0.25, -0.2) is 0 Å². The molecule has 3 nitrogen and oxygen atoms in total. The fourth-order valence-electron chi connectivity index (χ4n) is 1.61. The molecule has 0 aromatic heterocycles. The number of nitroso groups, excluding NO2 is 1. The first kappa shape index (κ1) is 8.38. The van der Waals surface area contributed by atoms with Crippen molar-refractivity contribution < 1.29 is 9.87 Å². The van der Waals surface area contributed by atoms with Crippen molar-refractivity contribution in [3.8, 4) is 0 Å². The first-order valence-corrected chi connectivity index (χ1v) is 4.36. The second-order valence-corrected chi connectivity index (χ2v) is 3.64. The molecule has 1 aliphatic heterocycles.